The predicted molar refractivity (Wildman–Crippen MR) is 83.3 cm³/mol. The monoisotopic (exact) mass is 325 g/mol. The first kappa shape index (κ1) is 15.0. The molecule has 0 aliphatic heterocycles. The molecule has 1 aliphatic carbocycles. The van der Waals surface area contributed by atoms with Crippen molar-refractivity contribution in [3.8, 4) is 0 Å². The van der Waals surface area contributed by atoms with E-state index in [9.17, 15) is 0 Å². The molecule has 1 N–H and O–H groups in total. The summed E-state index contributed by atoms with van der Waals surface area (Å²) in [5.74, 6) is 0. The molecule has 0 bridgehead atoms. The van der Waals surface area contributed by atoms with E-state index in [-0.39, 0.29) is 5.60 Å². The number of hydrogen-bond acceptors (Lipinski definition) is 2. The van der Waals surface area contributed by atoms with E-state index >= 15 is 0 Å². The van der Waals surface area contributed by atoms with Gasteiger partial charge in [-0.05, 0) is 37.6 Å². The van der Waals surface area contributed by atoms with E-state index in [1.54, 1.807) is 0 Å². The van der Waals surface area contributed by atoms with E-state index in [0.717, 1.165) is 11.0 Å². The third-order valence-corrected chi connectivity index (χ3v) is 4.44. The normalized spacial score (nSPS) is 19.1. The number of halogens is 1. The van der Waals surface area contributed by atoms with Crippen LogP contribution in [0.25, 0.3) is 0 Å². The van der Waals surface area contributed by atoms with Gasteiger partial charge in [-0.2, -0.15) is 0 Å². The van der Waals surface area contributed by atoms with Gasteiger partial charge in [-0.1, -0.05) is 53.7 Å². The van der Waals surface area contributed by atoms with Gasteiger partial charge in [0.25, 0.3) is 0 Å². The fraction of sp³-hybridized carbons (Fsp3) is 0.625. The zero-order chi connectivity index (χ0) is 13.6. The Morgan fingerprint density at radius 3 is 2.58 bits per heavy atom. The topological polar surface area (TPSA) is 21.3 Å². The molecule has 1 aromatic carbocycles. The lowest BCUT2D eigenvalue weighted by Gasteiger charge is -2.33. The van der Waals surface area contributed by atoms with E-state index in [1.807, 2.05) is 7.05 Å². The minimum atomic E-state index is 0.0353. The summed E-state index contributed by atoms with van der Waals surface area (Å²) in [7, 11) is 2.02. The maximum Gasteiger partial charge on any atom is 0.0810 e. The quantitative estimate of drug-likeness (QED) is 0.816. The second-order valence-corrected chi connectivity index (χ2v) is 6.46. The van der Waals surface area contributed by atoms with Crippen LogP contribution in [-0.2, 0) is 11.3 Å². The Morgan fingerprint density at radius 2 is 1.95 bits per heavy atom. The molecule has 0 unspecified atom stereocenters. The summed E-state index contributed by atoms with van der Waals surface area (Å²) in [4.78, 5) is 0. The third kappa shape index (κ3) is 4.59. The van der Waals surface area contributed by atoms with Gasteiger partial charge in [0, 0.05) is 11.0 Å². The molecule has 1 saturated carbocycles. The molecule has 3 heteroatoms. The van der Waals surface area contributed by atoms with Gasteiger partial charge in [0.15, 0.2) is 0 Å². The van der Waals surface area contributed by atoms with Crippen LogP contribution in [0, 0.1) is 0 Å². The van der Waals surface area contributed by atoms with Gasteiger partial charge in [0.05, 0.1) is 12.2 Å². The van der Waals surface area contributed by atoms with Gasteiger partial charge in [0.2, 0.25) is 0 Å². The van der Waals surface area contributed by atoms with Crippen LogP contribution in [0.15, 0.2) is 28.7 Å². The Bertz CT molecular complexity index is 386. The fourth-order valence-corrected chi connectivity index (χ4v) is 3.38. The van der Waals surface area contributed by atoms with Crippen molar-refractivity contribution in [1.29, 1.82) is 0 Å². The molecule has 1 aromatic rings. The molecule has 106 valence electrons. The van der Waals surface area contributed by atoms with Crippen molar-refractivity contribution in [3.63, 3.8) is 0 Å². The van der Waals surface area contributed by atoms with Crippen LogP contribution in [0.1, 0.15) is 44.1 Å². The molecule has 2 rings (SSSR count). The summed E-state index contributed by atoms with van der Waals surface area (Å²) in [5.41, 5.74) is 1.28. The SMILES string of the molecule is CNCC1(OCc2cccc(Br)c2)CCCCCC1. The zero-order valence-electron chi connectivity index (χ0n) is 11.8. The lowest BCUT2D eigenvalue weighted by Crippen LogP contribution is -2.41. The predicted octanol–water partition coefficient (Wildman–Crippen LogP) is 4.28. The minimum absolute atomic E-state index is 0.0353. The van der Waals surface area contributed by atoms with Crippen LogP contribution in [0.4, 0.5) is 0 Å². The number of nitrogens with one attached hydrogen (secondary N) is 1. The van der Waals surface area contributed by atoms with E-state index in [2.05, 4.69) is 45.5 Å². The highest BCUT2D eigenvalue weighted by molar-refractivity contribution is 9.10. The summed E-state index contributed by atoms with van der Waals surface area (Å²) in [5, 5.41) is 3.32. The second-order valence-electron chi connectivity index (χ2n) is 5.55. The Balaban J connectivity index is 1.99. The lowest BCUT2D eigenvalue weighted by atomic mass is 9.94. The highest BCUT2D eigenvalue weighted by Crippen LogP contribution is 2.31. The molecule has 0 radical (unpaired) electrons. The number of ether oxygens (including phenoxy) is 1. The number of hydrogen-bond donors (Lipinski definition) is 1. The van der Waals surface area contributed by atoms with Gasteiger partial charge in [-0.3, -0.25) is 0 Å². The summed E-state index contributed by atoms with van der Waals surface area (Å²) in [6, 6.07) is 8.40. The van der Waals surface area contributed by atoms with Crippen molar-refractivity contribution < 1.29 is 4.74 Å². The maximum absolute atomic E-state index is 6.35. The van der Waals surface area contributed by atoms with Crippen molar-refractivity contribution >= 4 is 15.9 Å². The van der Waals surface area contributed by atoms with Crippen LogP contribution in [0.2, 0.25) is 0 Å². The van der Waals surface area contributed by atoms with Gasteiger partial charge in [-0.15, -0.1) is 0 Å². The molecular formula is C16H24BrNO. The first-order valence-corrected chi connectivity index (χ1v) is 8.06. The van der Waals surface area contributed by atoms with E-state index in [0.29, 0.717) is 6.61 Å². The van der Waals surface area contributed by atoms with E-state index < -0.39 is 0 Å². The highest BCUT2D eigenvalue weighted by atomic mass is 79.9. The number of likely N-dealkylation sites (N-methyl/N-ethyl adjacent to an activating group) is 1. The standard InChI is InChI=1S/C16H24BrNO/c1-18-13-16(9-4-2-3-5-10-16)19-12-14-7-6-8-15(17)11-14/h6-8,11,18H,2-5,9-10,12-13H2,1H3. The highest BCUT2D eigenvalue weighted by Gasteiger charge is 2.31. The Morgan fingerprint density at radius 1 is 1.21 bits per heavy atom. The van der Waals surface area contributed by atoms with Crippen molar-refractivity contribution in [2.24, 2.45) is 0 Å². The van der Waals surface area contributed by atoms with Crippen LogP contribution in [-0.4, -0.2) is 19.2 Å². The first-order chi connectivity index (χ1) is 9.24. The van der Waals surface area contributed by atoms with Crippen molar-refractivity contribution in [2.75, 3.05) is 13.6 Å². The van der Waals surface area contributed by atoms with Gasteiger partial charge < -0.3 is 10.1 Å². The Hall–Kier alpha value is -0.380. The van der Waals surface area contributed by atoms with Crippen LogP contribution in [0.5, 0.6) is 0 Å². The number of benzene rings is 1. The zero-order valence-corrected chi connectivity index (χ0v) is 13.3. The molecular weight excluding hydrogens is 302 g/mol. The second kappa shape index (κ2) is 7.41. The van der Waals surface area contributed by atoms with Gasteiger partial charge in [0.1, 0.15) is 0 Å². The summed E-state index contributed by atoms with van der Waals surface area (Å²) in [6.45, 7) is 1.67. The van der Waals surface area contributed by atoms with Gasteiger partial charge in [-0.25, -0.2) is 0 Å². The smallest absolute Gasteiger partial charge is 0.0810 e. The molecule has 0 spiro atoms. The van der Waals surface area contributed by atoms with E-state index in [1.165, 1.54) is 44.1 Å². The van der Waals surface area contributed by atoms with Gasteiger partial charge >= 0.3 is 0 Å². The molecule has 0 atom stereocenters. The lowest BCUT2D eigenvalue weighted by molar-refractivity contribution is -0.0645. The van der Waals surface area contributed by atoms with Crippen LogP contribution in [0.3, 0.4) is 0 Å². The average molecular weight is 326 g/mol. The van der Waals surface area contributed by atoms with Crippen molar-refractivity contribution in [3.05, 3.63) is 34.3 Å². The molecule has 0 aromatic heterocycles. The van der Waals surface area contributed by atoms with Crippen molar-refractivity contribution in [2.45, 2.75) is 50.7 Å². The number of rotatable bonds is 5. The van der Waals surface area contributed by atoms with Crippen LogP contribution >= 0.6 is 15.9 Å². The molecule has 0 heterocycles. The molecule has 0 saturated heterocycles. The molecule has 0 amide bonds. The third-order valence-electron chi connectivity index (χ3n) is 3.95. The van der Waals surface area contributed by atoms with Crippen molar-refractivity contribution in [1.82, 2.24) is 5.32 Å². The average Bonchev–Trinajstić information content (AvgIpc) is 2.63. The summed E-state index contributed by atoms with van der Waals surface area (Å²) < 4.78 is 7.47. The molecule has 1 aliphatic rings. The molecule has 2 nitrogen and oxygen atoms in total. The molecule has 1 fully saturated rings. The molecule has 19 heavy (non-hydrogen) atoms. The first-order valence-electron chi connectivity index (χ1n) is 7.27. The maximum atomic E-state index is 6.35. The van der Waals surface area contributed by atoms with Crippen LogP contribution < -0.4 is 5.32 Å². The largest absolute Gasteiger partial charge is 0.369 e. The minimum Gasteiger partial charge on any atom is -0.369 e. The fourth-order valence-electron chi connectivity index (χ4n) is 2.93. The van der Waals surface area contributed by atoms with E-state index in [4.69, 9.17) is 4.74 Å². The summed E-state index contributed by atoms with van der Waals surface area (Å²) in [6.07, 6.45) is 7.65. The Labute approximate surface area is 125 Å². The summed E-state index contributed by atoms with van der Waals surface area (Å²) >= 11 is 3.52. The Kier molecular flexibility index (Phi) is 5.86.